The summed E-state index contributed by atoms with van der Waals surface area (Å²) in [5.41, 5.74) is 6.94. The molecule has 1 aromatic carbocycles. The molecular weight excluding hydrogens is 210 g/mol. The van der Waals surface area contributed by atoms with Gasteiger partial charge in [0, 0.05) is 0 Å². The van der Waals surface area contributed by atoms with Crippen LogP contribution >= 0.6 is 0 Å². The molecule has 0 radical (unpaired) electrons. The first-order valence-corrected chi connectivity index (χ1v) is 6.24. The van der Waals surface area contributed by atoms with Crippen LogP contribution in [0, 0.1) is 0 Å². The summed E-state index contributed by atoms with van der Waals surface area (Å²) >= 11 is 0. The van der Waals surface area contributed by atoms with Gasteiger partial charge in [-0.2, -0.15) is 0 Å². The van der Waals surface area contributed by atoms with Crippen molar-refractivity contribution in [3.05, 3.63) is 35.9 Å². The number of nitrogens with two attached hydrogens (primary N) is 1. The lowest BCUT2D eigenvalue weighted by molar-refractivity contribution is 0.224. The molecule has 2 N–H and O–H groups in total. The molecule has 0 aliphatic rings. The zero-order chi connectivity index (χ0) is 12.7. The number of hydrogen-bond acceptors (Lipinski definition) is 2. The van der Waals surface area contributed by atoms with Crippen molar-refractivity contribution in [2.45, 2.75) is 26.8 Å². The van der Waals surface area contributed by atoms with E-state index < -0.39 is 0 Å². The highest BCUT2D eigenvalue weighted by molar-refractivity contribution is 5.77. The molecule has 1 aromatic rings. The Morgan fingerprint density at radius 2 is 1.82 bits per heavy atom. The number of nitrogens with zero attached hydrogens (tertiary/aromatic N) is 2. The first kappa shape index (κ1) is 13.7. The van der Waals surface area contributed by atoms with Crippen molar-refractivity contribution < 1.29 is 0 Å². The van der Waals surface area contributed by atoms with Crippen LogP contribution in [0.2, 0.25) is 0 Å². The third kappa shape index (κ3) is 4.19. The van der Waals surface area contributed by atoms with Gasteiger partial charge in [0.15, 0.2) is 0 Å². The number of benzene rings is 1. The van der Waals surface area contributed by atoms with Gasteiger partial charge in [0.1, 0.15) is 0 Å². The second kappa shape index (κ2) is 7.07. The van der Waals surface area contributed by atoms with Crippen molar-refractivity contribution in [2.24, 2.45) is 10.7 Å². The van der Waals surface area contributed by atoms with Crippen LogP contribution in [-0.2, 0) is 0 Å². The van der Waals surface area contributed by atoms with Crippen LogP contribution in [0.3, 0.4) is 0 Å². The van der Waals surface area contributed by atoms with E-state index in [2.05, 4.69) is 48.0 Å². The summed E-state index contributed by atoms with van der Waals surface area (Å²) in [6.45, 7) is 8.97. The van der Waals surface area contributed by atoms with Crippen LogP contribution in [-0.4, -0.2) is 30.4 Å². The van der Waals surface area contributed by atoms with Crippen molar-refractivity contribution >= 4 is 5.84 Å². The molecule has 1 rings (SSSR count). The van der Waals surface area contributed by atoms with E-state index in [0.717, 1.165) is 19.6 Å². The van der Waals surface area contributed by atoms with Gasteiger partial charge in [0.05, 0.1) is 18.4 Å². The summed E-state index contributed by atoms with van der Waals surface area (Å²) in [6, 6.07) is 10.8. The smallest absolute Gasteiger partial charge is 0.0906 e. The number of likely N-dealkylation sites (N-methyl/N-ethyl adjacent to an activating group) is 1. The molecule has 3 heteroatoms. The van der Waals surface area contributed by atoms with Gasteiger partial charge in [-0.3, -0.25) is 9.89 Å². The van der Waals surface area contributed by atoms with E-state index in [0.29, 0.717) is 11.9 Å². The van der Waals surface area contributed by atoms with E-state index in [-0.39, 0.29) is 0 Å². The standard InChI is InChI=1S/C14H23N3/c1-4-17(5-2)14(11-16-12(3)15)13-9-7-6-8-10-13/h6-10,14H,4-5,11H2,1-3H3,(H2,15,16). The van der Waals surface area contributed by atoms with Crippen molar-refractivity contribution in [2.75, 3.05) is 19.6 Å². The molecular formula is C14H23N3. The largest absolute Gasteiger partial charge is 0.388 e. The Balaban J connectivity index is 2.89. The Kier molecular flexibility index (Phi) is 5.70. The summed E-state index contributed by atoms with van der Waals surface area (Å²) < 4.78 is 0. The zero-order valence-corrected chi connectivity index (χ0v) is 11.1. The van der Waals surface area contributed by atoms with Gasteiger partial charge in [-0.25, -0.2) is 0 Å². The molecule has 17 heavy (non-hydrogen) atoms. The molecule has 3 nitrogen and oxygen atoms in total. The summed E-state index contributed by atoms with van der Waals surface area (Å²) in [7, 11) is 0. The summed E-state index contributed by atoms with van der Waals surface area (Å²) in [6.07, 6.45) is 0. The van der Waals surface area contributed by atoms with Gasteiger partial charge in [0.2, 0.25) is 0 Å². The van der Waals surface area contributed by atoms with E-state index in [1.807, 2.05) is 13.0 Å². The SMILES string of the molecule is CCN(CC)C(CN=C(C)N)c1ccccc1. The average molecular weight is 233 g/mol. The maximum Gasteiger partial charge on any atom is 0.0906 e. The highest BCUT2D eigenvalue weighted by atomic mass is 15.2. The quantitative estimate of drug-likeness (QED) is 0.605. The molecule has 0 heterocycles. The Morgan fingerprint density at radius 1 is 1.24 bits per heavy atom. The molecule has 0 aliphatic carbocycles. The van der Waals surface area contributed by atoms with Crippen LogP contribution in [0.5, 0.6) is 0 Å². The molecule has 0 saturated heterocycles. The van der Waals surface area contributed by atoms with E-state index in [1.165, 1.54) is 5.56 Å². The maximum absolute atomic E-state index is 5.63. The highest BCUT2D eigenvalue weighted by Crippen LogP contribution is 2.20. The third-order valence-corrected chi connectivity index (χ3v) is 2.95. The van der Waals surface area contributed by atoms with Crippen LogP contribution in [0.25, 0.3) is 0 Å². The van der Waals surface area contributed by atoms with Crippen LogP contribution in [0.1, 0.15) is 32.4 Å². The molecule has 1 atom stereocenters. The van der Waals surface area contributed by atoms with Crippen LogP contribution < -0.4 is 5.73 Å². The summed E-state index contributed by atoms with van der Waals surface area (Å²) in [5, 5.41) is 0. The van der Waals surface area contributed by atoms with Gasteiger partial charge in [-0.1, -0.05) is 44.2 Å². The second-order valence-corrected chi connectivity index (χ2v) is 4.13. The van der Waals surface area contributed by atoms with Crippen molar-refractivity contribution in [3.8, 4) is 0 Å². The second-order valence-electron chi connectivity index (χ2n) is 4.13. The van der Waals surface area contributed by atoms with Crippen LogP contribution in [0.15, 0.2) is 35.3 Å². The maximum atomic E-state index is 5.63. The number of hydrogen-bond donors (Lipinski definition) is 1. The fraction of sp³-hybridized carbons (Fsp3) is 0.500. The zero-order valence-electron chi connectivity index (χ0n) is 11.1. The minimum atomic E-state index is 0.324. The fourth-order valence-corrected chi connectivity index (χ4v) is 2.00. The third-order valence-electron chi connectivity index (χ3n) is 2.95. The normalized spacial score (nSPS) is 14.0. The monoisotopic (exact) mass is 233 g/mol. The van der Waals surface area contributed by atoms with Crippen molar-refractivity contribution in [3.63, 3.8) is 0 Å². The molecule has 0 aliphatic heterocycles. The summed E-state index contributed by atoms with van der Waals surface area (Å²) in [5.74, 6) is 0.651. The number of rotatable bonds is 6. The Labute approximate surface area is 104 Å². The molecule has 0 amide bonds. The summed E-state index contributed by atoms with van der Waals surface area (Å²) in [4.78, 5) is 6.78. The topological polar surface area (TPSA) is 41.6 Å². The van der Waals surface area contributed by atoms with E-state index in [4.69, 9.17) is 5.73 Å². The molecule has 0 aromatic heterocycles. The van der Waals surface area contributed by atoms with Gasteiger partial charge in [0.25, 0.3) is 0 Å². The molecule has 0 saturated carbocycles. The Bertz CT molecular complexity index is 338. The average Bonchev–Trinajstić information content (AvgIpc) is 2.35. The van der Waals surface area contributed by atoms with Gasteiger partial charge >= 0.3 is 0 Å². The Morgan fingerprint density at radius 3 is 2.29 bits per heavy atom. The molecule has 94 valence electrons. The minimum Gasteiger partial charge on any atom is -0.388 e. The molecule has 0 bridgehead atoms. The number of amidine groups is 1. The van der Waals surface area contributed by atoms with E-state index in [9.17, 15) is 0 Å². The first-order valence-electron chi connectivity index (χ1n) is 6.24. The predicted molar refractivity (Wildman–Crippen MR) is 74.3 cm³/mol. The predicted octanol–water partition coefficient (Wildman–Crippen LogP) is 2.45. The van der Waals surface area contributed by atoms with Crippen LogP contribution in [0.4, 0.5) is 0 Å². The first-order chi connectivity index (χ1) is 8.19. The highest BCUT2D eigenvalue weighted by Gasteiger charge is 2.16. The lowest BCUT2D eigenvalue weighted by Crippen LogP contribution is -2.30. The molecule has 0 spiro atoms. The Hall–Kier alpha value is -1.35. The van der Waals surface area contributed by atoms with E-state index >= 15 is 0 Å². The molecule has 0 fully saturated rings. The fourth-order valence-electron chi connectivity index (χ4n) is 2.00. The van der Waals surface area contributed by atoms with E-state index in [1.54, 1.807) is 0 Å². The van der Waals surface area contributed by atoms with Crippen molar-refractivity contribution in [1.29, 1.82) is 0 Å². The van der Waals surface area contributed by atoms with Crippen molar-refractivity contribution in [1.82, 2.24) is 4.90 Å². The number of aliphatic imine (C=N–C) groups is 1. The van der Waals surface area contributed by atoms with Gasteiger partial charge in [-0.15, -0.1) is 0 Å². The molecule has 1 unspecified atom stereocenters. The minimum absolute atomic E-state index is 0.324. The lowest BCUT2D eigenvalue weighted by atomic mass is 10.1. The van der Waals surface area contributed by atoms with Gasteiger partial charge < -0.3 is 5.73 Å². The van der Waals surface area contributed by atoms with Gasteiger partial charge in [-0.05, 0) is 25.6 Å². The lowest BCUT2D eigenvalue weighted by Gasteiger charge is -2.28.